The van der Waals surface area contributed by atoms with Gasteiger partial charge in [-0.15, -0.1) is 0 Å². The Hall–Kier alpha value is -1.57. The molecule has 1 atom stereocenters. The molecular formula is C16H18BrF3N2O2. The summed E-state index contributed by atoms with van der Waals surface area (Å²) in [4.78, 5) is 26.9. The monoisotopic (exact) mass is 406 g/mol. The highest BCUT2D eigenvalue weighted by Crippen LogP contribution is 2.29. The van der Waals surface area contributed by atoms with E-state index in [2.05, 4.69) is 15.9 Å². The molecule has 1 heterocycles. The van der Waals surface area contributed by atoms with E-state index in [-0.39, 0.29) is 25.4 Å². The number of hydrogen-bond donors (Lipinski definition) is 0. The second-order valence-corrected chi connectivity index (χ2v) is 6.68. The first-order valence-corrected chi connectivity index (χ1v) is 8.42. The third-order valence-electron chi connectivity index (χ3n) is 3.77. The summed E-state index contributed by atoms with van der Waals surface area (Å²) < 4.78 is 38.8. The first-order chi connectivity index (χ1) is 11.2. The molecule has 1 aromatic rings. The van der Waals surface area contributed by atoms with Gasteiger partial charge in [-0.05, 0) is 24.6 Å². The highest BCUT2D eigenvalue weighted by atomic mass is 79.9. The number of alkyl halides is 3. The number of halogens is 4. The topological polar surface area (TPSA) is 40.6 Å². The van der Waals surface area contributed by atoms with Gasteiger partial charge >= 0.3 is 6.18 Å². The molecule has 1 fully saturated rings. The van der Waals surface area contributed by atoms with Crippen molar-refractivity contribution in [3.05, 3.63) is 28.7 Å². The molecular weight excluding hydrogens is 389 g/mol. The van der Waals surface area contributed by atoms with Crippen molar-refractivity contribution in [2.75, 3.05) is 24.5 Å². The fraction of sp³-hybridized carbons (Fsp3) is 0.500. The highest BCUT2D eigenvalue weighted by molar-refractivity contribution is 9.10. The summed E-state index contributed by atoms with van der Waals surface area (Å²) in [6, 6.07) is 7.03. The van der Waals surface area contributed by atoms with Crippen molar-refractivity contribution in [1.29, 1.82) is 0 Å². The van der Waals surface area contributed by atoms with E-state index in [9.17, 15) is 22.8 Å². The van der Waals surface area contributed by atoms with Crippen LogP contribution in [0.1, 0.15) is 19.8 Å². The Labute approximate surface area is 146 Å². The zero-order valence-electron chi connectivity index (χ0n) is 13.1. The molecule has 0 bridgehead atoms. The lowest BCUT2D eigenvalue weighted by atomic mass is 10.1. The molecule has 0 aliphatic carbocycles. The minimum Gasteiger partial charge on any atom is -0.333 e. The molecule has 2 amide bonds. The molecule has 1 aliphatic rings. The molecule has 1 saturated heterocycles. The van der Waals surface area contributed by atoms with Crippen LogP contribution in [-0.2, 0) is 9.59 Å². The van der Waals surface area contributed by atoms with Crippen molar-refractivity contribution < 1.29 is 22.8 Å². The van der Waals surface area contributed by atoms with Crippen LogP contribution in [0.5, 0.6) is 0 Å². The maximum atomic E-state index is 12.7. The second kappa shape index (κ2) is 7.55. The van der Waals surface area contributed by atoms with Crippen LogP contribution in [0, 0.1) is 5.92 Å². The van der Waals surface area contributed by atoms with E-state index in [1.807, 2.05) is 0 Å². The summed E-state index contributed by atoms with van der Waals surface area (Å²) in [5.74, 6) is -1.61. The van der Waals surface area contributed by atoms with Crippen LogP contribution in [-0.4, -0.2) is 42.5 Å². The maximum absolute atomic E-state index is 12.7. The Morgan fingerprint density at radius 1 is 1.42 bits per heavy atom. The quantitative estimate of drug-likeness (QED) is 0.749. The van der Waals surface area contributed by atoms with E-state index in [1.165, 1.54) is 4.90 Å². The van der Waals surface area contributed by atoms with Crippen LogP contribution >= 0.6 is 15.9 Å². The number of rotatable bonds is 5. The maximum Gasteiger partial charge on any atom is 0.406 e. The standard InChI is InChI=1S/C16H18BrF3N2O2/c1-2-6-21(10-16(18,19)20)15(24)11-7-14(23)22(9-11)13-5-3-4-12(17)8-13/h3-5,8,11H,2,6-7,9-10H2,1H3. The van der Waals surface area contributed by atoms with E-state index in [4.69, 9.17) is 0 Å². The van der Waals surface area contributed by atoms with Crippen LogP contribution in [0.2, 0.25) is 0 Å². The third kappa shape index (κ3) is 4.72. The fourth-order valence-corrected chi connectivity index (χ4v) is 3.17. The molecule has 1 aliphatic heterocycles. The van der Waals surface area contributed by atoms with Gasteiger partial charge in [0.2, 0.25) is 11.8 Å². The number of hydrogen-bond acceptors (Lipinski definition) is 2. The summed E-state index contributed by atoms with van der Waals surface area (Å²) >= 11 is 3.31. The number of nitrogens with zero attached hydrogens (tertiary/aromatic N) is 2. The number of benzene rings is 1. The van der Waals surface area contributed by atoms with Gasteiger partial charge in [0.05, 0.1) is 5.92 Å². The molecule has 0 saturated carbocycles. The van der Waals surface area contributed by atoms with Crippen LogP contribution in [0.25, 0.3) is 0 Å². The summed E-state index contributed by atoms with van der Waals surface area (Å²) in [7, 11) is 0. The molecule has 132 valence electrons. The van der Waals surface area contributed by atoms with Gasteiger partial charge in [0.25, 0.3) is 0 Å². The number of carbonyl (C=O) groups is 2. The Balaban J connectivity index is 2.12. The van der Waals surface area contributed by atoms with Crippen molar-refractivity contribution in [3.63, 3.8) is 0 Å². The lowest BCUT2D eigenvalue weighted by molar-refractivity contribution is -0.163. The van der Waals surface area contributed by atoms with E-state index in [1.54, 1.807) is 31.2 Å². The lowest BCUT2D eigenvalue weighted by Crippen LogP contribution is -2.43. The van der Waals surface area contributed by atoms with E-state index < -0.39 is 24.5 Å². The van der Waals surface area contributed by atoms with Gasteiger partial charge in [0.15, 0.2) is 0 Å². The SMILES string of the molecule is CCCN(CC(F)(F)F)C(=O)C1CC(=O)N(c2cccc(Br)c2)C1. The van der Waals surface area contributed by atoms with Crippen LogP contribution in [0.4, 0.5) is 18.9 Å². The first kappa shape index (κ1) is 18.8. The smallest absolute Gasteiger partial charge is 0.333 e. The summed E-state index contributed by atoms with van der Waals surface area (Å²) in [5, 5.41) is 0. The van der Waals surface area contributed by atoms with Crippen molar-refractivity contribution in [2.24, 2.45) is 5.92 Å². The predicted molar refractivity (Wildman–Crippen MR) is 87.5 cm³/mol. The Morgan fingerprint density at radius 3 is 2.71 bits per heavy atom. The lowest BCUT2D eigenvalue weighted by Gasteiger charge is -2.26. The van der Waals surface area contributed by atoms with Crippen molar-refractivity contribution in [1.82, 2.24) is 4.90 Å². The number of carbonyl (C=O) groups excluding carboxylic acids is 2. The fourth-order valence-electron chi connectivity index (χ4n) is 2.78. The normalized spacial score (nSPS) is 18.1. The highest BCUT2D eigenvalue weighted by Gasteiger charge is 2.40. The molecule has 1 aromatic carbocycles. The average molecular weight is 407 g/mol. The van der Waals surface area contributed by atoms with Gasteiger partial charge < -0.3 is 9.80 Å². The van der Waals surface area contributed by atoms with E-state index in [0.717, 1.165) is 9.37 Å². The minimum atomic E-state index is -4.45. The van der Waals surface area contributed by atoms with Crippen LogP contribution in [0.15, 0.2) is 28.7 Å². The Kier molecular flexibility index (Phi) is 5.90. The number of anilines is 1. The molecule has 24 heavy (non-hydrogen) atoms. The number of amides is 2. The second-order valence-electron chi connectivity index (χ2n) is 5.76. The third-order valence-corrected chi connectivity index (χ3v) is 4.26. The molecule has 4 nitrogen and oxygen atoms in total. The van der Waals surface area contributed by atoms with Gasteiger partial charge in [0, 0.05) is 29.7 Å². The molecule has 0 aromatic heterocycles. The largest absolute Gasteiger partial charge is 0.406 e. The van der Waals surface area contributed by atoms with Crippen molar-refractivity contribution in [2.45, 2.75) is 25.9 Å². The predicted octanol–water partition coefficient (Wildman–Crippen LogP) is 3.60. The van der Waals surface area contributed by atoms with Gasteiger partial charge in [-0.2, -0.15) is 13.2 Å². The molecule has 0 N–H and O–H groups in total. The van der Waals surface area contributed by atoms with Crippen molar-refractivity contribution in [3.8, 4) is 0 Å². The van der Waals surface area contributed by atoms with E-state index in [0.29, 0.717) is 12.1 Å². The average Bonchev–Trinajstić information content (AvgIpc) is 2.86. The first-order valence-electron chi connectivity index (χ1n) is 7.62. The van der Waals surface area contributed by atoms with Gasteiger partial charge in [-0.1, -0.05) is 28.9 Å². The summed E-state index contributed by atoms with van der Waals surface area (Å²) in [5.41, 5.74) is 0.627. The molecule has 8 heteroatoms. The molecule has 2 rings (SSSR count). The van der Waals surface area contributed by atoms with Crippen LogP contribution < -0.4 is 4.90 Å². The van der Waals surface area contributed by atoms with Gasteiger partial charge in [0.1, 0.15) is 6.54 Å². The summed E-state index contributed by atoms with van der Waals surface area (Å²) in [6.07, 6.45) is -4.08. The summed E-state index contributed by atoms with van der Waals surface area (Å²) in [6.45, 7) is 0.567. The zero-order valence-corrected chi connectivity index (χ0v) is 14.7. The van der Waals surface area contributed by atoms with Crippen LogP contribution in [0.3, 0.4) is 0 Å². The molecule has 1 unspecified atom stereocenters. The van der Waals surface area contributed by atoms with Gasteiger partial charge in [-0.3, -0.25) is 9.59 Å². The Bertz CT molecular complexity index is 622. The van der Waals surface area contributed by atoms with E-state index >= 15 is 0 Å². The molecule has 0 spiro atoms. The molecule has 0 radical (unpaired) electrons. The van der Waals surface area contributed by atoms with Gasteiger partial charge in [-0.25, -0.2) is 0 Å². The zero-order chi connectivity index (χ0) is 17.9. The Morgan fingerprint density at radius 2 is 2.12 bits per heavy atom. The minimum absolute atomic E-state index is 0.0277. The van der Waals surface area contributed by atoms with Crippen molar-refractivity contribution >= 4 is 33.4 Å².